The summed E-state index contributed by atoms with van der Waals surface area (Å²) in [6.45, 7) is 11.0. The molecule has 0 aromatic rings. The van der Waals surface area contributed by atoms with Gasteiger partial charge in [-0.2, -0.15) is 9.78 Å². The Hall–Kier alpha value is -1.14. The Morgan fingerprint density at radius 1 is 0.850 bits per heavy atom. The van der Waals surface area contributed by atoms with Crippen LogP contribution in [0.25, 0.3) is 0 Å². The van der Waals surface area contributed by atoms with Crippen molar-refractivity contribution in [3.63, 3.8) is 0 Å². The van der Waals surface area contributed by atoms with Gasteiger partial charge in [-0.25, -0.2) is 4.79 Å². The Balaban J connectivity index is 3.65. The maximum absolute atomic E-state index is 12.6. The molecule has 0 spiro atoms. The van der Waals surface area contributed by atoms with Crippen LogP contribution in [-0.4, -0.2) is 31.9 Å². The number of carbonyl (C=O) groups excluding carboxylic acids is 2. The molecule has 0 N–H and O–H groups in total. The van der Waals surface area contributed by atoms with E-state index in [-0.39, 0.29) is 0 Å². The lowest BCUT2D eigenvalue weighted by molar-refractivity contribution is -0.197. The van der Waals surface area contributed by atoms with Crippen LogP contribution in [0.5, 0.6) is 0 Å². The fourth-order valence-corrected chi connectivity index (χ4v) is 3.53. The summed E-state index contributed by atoms with van der Waals surface area (Å²) in [5.74, 6) is -3.08. The lowest BCUT2D eigenvalue weighted by Crippen LogP contribution is -2.64. The lowest BCUT2D eigenvalue weighted by Gasteiger charge is -2.50. The molecule has 1 fully saturated rings. The zero-order valence-electron chi connectivity index (χ0n) is 13.4. The second kappa shape index (κ2) is 4.70. The van der Waals surface area contributed by atoms with E-state index in [1.54, 1.807) is 0 Å². The molecular weight excluding hydrogens is 264 g/mol. The minimum absolute atomic E-state index is 0.569. The van der Waals surface area contributed by atoms with Crippen LogP contribution in [0.4, 0.5) is 0 Å². The summed E-state index contributed by atoms with van der Waals surface area (Å²) >= 11 is 0. The van der Waals surface area contributed by atoms with Crippen molar-refractivity contribution in [1.29, 1.82) is 0 Å². The van der Waals surface area contributed by atoms with Gasteiger partial charge < -0.3 is 9.47 Å². The normalized spacial score (nSPS) is 18.4. The lowest BCUT2D eigenvalue weighted by atomic mass is 9.50. The molecular formula is C14H24O6. The molecule has 20 heavy (non-hydrogen) atoms. The number of carbonyl (C=O) groups is 2. The summed E-state index contributed by atoms with van der Waals surface area (Å²) < 4.78 is 9.75. The first-order valence-corrected chi connectivity index (χ1v) is 6.46. The van der Waals surface area contributed by atoms with Gasteiger partial charge in [0.05, 0.1) is 14.2 Å². The van der Waals surface area contributed by atoms with Crippen molar-refractivity contribution >= 4 is 11.9 Å². The van der Waals surface area contributed by atoms with Gasteiger partial charge in [0.2, 0.25) is 0 Å². The second-order valence-corrected chi connectivity index (χ2v) is 7.02. The number of rotatable bonds is 3. The predicted molar refractivity (Wildman–Crippen MR) is 70.3 cm³/mol. The van der Waals surface area contributed by atoms with Crippen molar-refractivity contribution in [2.45, 2.75) is 47.3 Å². The van der Waals surface area contributed by atoms with Crippen LogP contribution in [-0.2, 0) is 28.8 Å². The van der Waals surface area contributed by atoms with Crippen LogP contribution in [0, 0.1) is 16.2 Å². The van der Waals surface area contributed by atoms with Gasteiger partial charge in [0.15, 0.2) is 0 Å². The molecule has 0 aromatic carbocycles. The maximum atomic E-state index is 12.6. The SMILES string of the molecule is COC(=O)C1(C(C(=O)OC)(C(C)(C)C)C(C)(C)C)OO1. The van der Waals surface area contributed by atoms with Crippen LogP contribution in [0.1, 0.15) is 41.5 Å². The second-order valence-electron chi connectivity index (χ2n) is 7.02. The molecule has 1 rings (SSSR count). The first-order valence-electron chi connectivity index (χ1n) is 6.46. The maximum Gasteiger partial charge on any atom is 0.373 e. The fraction of sp³-hybridized carbons (Fsp3) is 0.857. The summed E-state index contributed by atoms with van der Waals surface area (Å²) in [5, 5.41) is 0. The molecule has 1 aliphatic heterocycles. The number of esters is 2. The number of hydrogen-bond acceptors (Lipinski definition) is 6. The first-order chi connectivity index (χ1) is 8.92. The average molecular weight is 288 g/mol. The third-order valence-electron chi connectivity index (χ3n) is 3.94. The van der Waals surface area contributed by atoms with Gasteiger partial charge in [-0.3, -0.25) is 4.79 Å². The van der Waals surface area contributed by atoms with Gasteiger partial charge >= 0.3 is 17.7 Å². The summed E-state index contributed by atoms with van der Waals surface area (Å²) in [5.41, 5.74) is -2.72. The van der Waals surface area contributed by atoms with Crippen molar-refractivity contribution in [2.24, 2.45) is 16.2 Å². The zero-order valence-corrected chi connectivity index (χ0v) is 13.4. The van der Waals surface area contributed by atoms with E-state index in [9.17, 15) is 9.59 Å². The Bertz CT molecular complexity index is 394. The Morgan fingerprint density at radius 2 is 1.25 bits per heavy atom. The molecule has 6 nitrogen and oxygen atoms in total. The smallest absolute Gasteiger partial charge is 0.373 e. The van der Waals surface area contributed by atoms with Gasteiger partial charge in [-0.1, -0.05) is 41.5 Å². The highest BCUT2D eigenvalue weighted by molar-refractivity contribution is 5.91. The van der Waals surface area contributed by atoms with Gasteiger partial charge in [0.1, 0.15) is 5.41 Å². The fourth-order valence-electron chi connectivity index (χ4n) is 3.53. The van der Waals surface area contributed by atoms with Crippen LogP contribution >= 0.6 is 0 Å². The quantitative estimate of drug-likeness (QED) is 0.449. The van der Waals surface area contributed by atoms with Crippen molar-refractivity contribution < 1.29 is 28.8 Å². The summed E-state index contributed by atoms with van der Waals surface area (Å²) in [4.78, 5) is 34.9. The number of hydrogen-bond donors (Lipinski definition) is 0. The molecule has 0 bridgehead atoms. The van der Waals surface area contributed by atoms with E-state index in [1.807, 2.05) is 41.5 Å². The van der Waals surface area contributed by atoms with Crippen molar-refractivity contribution in [3.8, 4) is 0 Å². The molecule has 0 atom stereocenters. The summed E-state index contributed by atoms with van der Waals surface area (Å²) in [6.07, 6.45) is 0. The van der Waals surface area contributed by atoms with Gasteiger partial charge in [0, 0.05) is 0 Å². The molecule has 116 valence electrons. The highest BCUT2D eigenvalue weighted by atomic mass is 17.4. The Labute approximate surface area is 119 Å². The first kappa shape index (κ1) is 16.9. The number of methoxy groups -OCH3 is 2. The average Bonchev–Trinajstić information content (AvgIpc) is 3.06. The van der Waals surface area contributed by atoms with Crippen LogP contribution in [0.3, 0.4) is 0 Å². The molecule has 6 heteroatoms. The third-order valence-corrected chi connectivity index (χ3v) is 3.94. The van der Waals surface area contributed by atoms with Crippen LogP contribution in [0.15, 0.2) is 0 Å². The van der Waals surface area contributed by atoms with E-state index in [4.69, 9.17) is 19.2 Å². The van der Waals surface area contributed by atoms with E-state index in [0.717, 1.165) is 0 Å². The van der Waals surface area contributed by atoms with E-state index < -0.39 is 34.0 Å². The van der Waals surface area contributed by atoms with Crippen LogP contribution in [0.2, 0.25) is 0 Å². The molecule has 0 aliphatic carbocycles. The van der Waals surface area contributed by atoms with E-state index in [2.05, 4.69) is 0 Å². The Morgan fingerprint density at radius 3 is 1.45 bits per heavy atom. The molecule has 0 amide bonds. The highest BCUT2D eigenvalue weighted by Gasteiger charge is 2.83. The van der Waals surface area contributed by atoms with E-state index in [0.29, 0.717) is 0 Å². The standard InChI is InChI=1S/C14H24O6/c1-11(2,3)13(9(15)17-7,12(4,5)6)14(19-20-14)10(16)18-8/h1-8H3. The van der Waals surface area contributed by atoms with E-state index >= 15 is 0 Å². The molecule has 1 heterocycles. The van der Waals surface area contributed by atoms with Crippen molar-refractivity contribution in [3.05, 3.63) is 0 Å². The molecule has 1 aliphatic rings. The third kappa shape index (κ3) is 1.93. The zero-order chi connectivity index (χ0) is 16.0. The predicted octanol–water partition coefficient (Wildman–Crippen LogP) is 2.07. The summed E-state index contributed by atoms with van der Waals surface area (Å²) in [7, 11) is 2.50. The monoisotopic (exact) mass is 288 g/mol. The highest BCUT2D eigenvalue weighted by Crippen LogP contribution is 2.65. The van der Waals surface area contributed by atoms with Gasteiger partial charge in [-0.15, -0.1) is 0 Å². The molecule has 0 radical (unpaired) electrons. The van der Waals surface area contributed by atoms with E-state index in [1.165, 1.54) is 14.2 Å². The summed E-state index contributed by atoms with van der Waals surface area (Å²) in [6, 6.07) is 0. The molecule has 0 unspecified atom stereocenters. The number of ether oxygens (including phenoxy) is 2. The molecule has 1 saturated heterocycles. The minimum atomic E-state index is -1.77. The van der Waals surface area contributed by atoms with Crippen molar-refractivity contribution in [1.82, 2.24) is 0 Å². The topological polar surface area (TPSA) is 77.7 Å². The molecule has 0 aromatic heterocycles. The van der Waals surface area contributed by atoms with Crippen LogP contribution < -0.4 is 0 Å². The minimum Gasteiger partial charge on any atom is -0.468 e. The van der Waals surface area contributed by atoms with Gasteiger partial charge in [0.25, 0.3) is 0 Å². The Kier molecular flexibility index (Phi) is 3.98. The largest absolute Gasteiger partial charge is 0.468 e. The van der Waals surface area contributed by atoms with Crippen molar-refractivity contribution in [2.75, 3.05) is 14.2 Å². The van der Waals surface area contributed by atoms with Gasteiger partial charge in [-0.05, 0) is 10.8 Å². The molecule has 0 saturated carbocycles.